The Balaban J connectivity index is 1.80. The van der Waals surface area contributed by atoms with Crippen molar-refractivity contribution in [2.24, 2.45) is 0 Å². The average Bonchev–Trinajstić information content (AvgIpc) is 3.29. The van der Waals surface area contributed by atoms with Crippen molar-refractivity contribution in [3.8, 4) is 22.9 Å². The summed E-state index contributed by atoms with van der Waals surface area (Å²) in [5, 5.41) is 4.18. The number of benzene rings is 1. The Morgan fingerprint density at radius 3 is 2.60 bits per heavy atom. The zero-order valence-corrected chi connectivity index (χ0v) is 20.3. The van der Waals surface area contributed by atoms with E-state index >= 15 is 0 Å². The predicted octanol–water partition coefficient (Wildman–Crippen LogP) is 3.18. The minimum atomic E-state index is -4.86. The van der Waals surface area contributed by atoms with Crippen LogP contribution in [0.15, 0.2) is 48.8 Å². The second-order valence-corrected chi connectivity index (χ2v) is 9.11. The fourth-order valence-electron chi connectivity index (χ4n) is 3.41. The van der Waals surface area contributed by atoms with Gasteiger partial charge >= 0.3 is 7.82 Å². The van der Waals surface area contributed by atoms with Gasteiger partial charge in [0.15, 0.2) is 6.29 Å². The van der Waals surface area contributed by atoms with Gasteiger partial charge in [-0.25, -0.2) is 4.57 Å². The highest BCUT2D eigenvalue weighted by Gasteiger charge is 2.21. The third-order valence-electron chi connectivity index (χ3n) is 5.00. The molecule has 2 N–H and O–H groups in total. The molecule has 0 spiro atoms. The van der Waals surface area contributed by atoms with E-state index in [1.165, 1.54) is 29.1 Å². The first kappa shape index (κ1) is 26.2. The molecule has 0 aliphatic heterocycles. The lowest BCUT2D eigenvalue weighted by atomic mass is 10.1. The largest absolute Gasteiger partial charge is 0.524 e. The molecular weight excluding hydrogens is 475 g/mol. The molecule has 0 aliphatic carbocycles. The van der Waals surface area contributed by atoms with Crippen LogP contribution < -0.4 is 9.26 Å². The number of aromatic nitrogens is 3. The predicted molar refractivity (Wildman–Crippen MR) is 127 cm³/mol. The van der Waals surface area contributed by atoms with Gasteiger partial charge in [-0.15, -0.1) is 0 Å². The number of nitrogens with zero attached hydrogens (tertiary/aromatic N) is 4. The maximum absolute atomic E-state index is 12.8. The third kappa shape index (κ3) is 7.30. The fourth-order valence-corrected chi connectivity index (χ4v) is 3.82. The smallest absolute Gasteiger partial charge is 0.488 e. The number of carbonyl (C=O) groups excluding carboxylic acids is 2. The highest BCUT2D eigenvalue weighted by molar-refractivity contribution is 7.46. The van der Waals surface area contributed by atoms with Crippen LogP contribution in [0, 0.1) is 0 Å². The standard InChI is InChI=1S/C23H27N4O7P/c1-26(2)14-4-3-10-22(29)27-19(11-13-25-27)23-17(7-6-12-24-23)16-33-20-8-5-9-21(18(20)15-28)34-35(30,31)32/h5-9,11-13,15H,3-4,10,14,16H2,1-2H3,(H2,30,31,32). The van der Waals surface area contributed by atoms with Crippen molar-refractivity contribution in [3.05, 3.63) is 59.9 Å². The number of phosphoric ester groups is 1. The zero-order chi connectivity index (χ0) is 25.4. The van der Waals surface area contributed by atoms with Crippen molar-refractivity contribution in [1.82, 2.24) is 19.7 Å². The molecule has 0 saturated carbocycles. The lowest BCUT2D eigenvalue weighted by molar-refractivity contribution is 0.0884. The van der Waals surface area contributed by atoms with Crippen molar-refractivity contribution >= 4 is 20.0 Å². The Morgan fingerprint density at radius 1 is 1.11 bits per heavy atom. The van der Waals surface area contributed by atoms with Crippen LogP contribution >= 0.6 is 7.82 Å². The van der Waals surface area contributed by atoms with Crippen LogP contribution in [0.25, 0.3) is 11.4 Å². The Kier molecular flexibility index (Phi) is 8.89. The third-order valence-corrected chi connectivity index (χ3v) is 5.44. The highest BCUT2D eigenvalue weighted by atomic mass is 31.2. The maximum atomic E-state index is 12.8. The second-order valence-electron chi connectivity index (χ2n) is 7.95. The Morgan fingerprint density at radius 2 is 1.89 bits per heavy atom. The number of rotatable bonds is 12. The van der Waals surface area contributed by atoms with Gasteiger partial charge in [0.05, 0.1) is 23.1 Å². The summed E-state index contributed by atoms with van der Waals surface area (Å²) in [4.78, 5) is 49.0. The molecule has 3 aromatic rings. The zero-order valence-electron chi connectivity index (χ0n) is 19.4. The molecule has 12 heteroatoms. The van der Waals surface area contributed by atoms with Crippen molar-refractivity contribution in [1.29, 1.82) is 0 Å². The van der Waals surface area contributed by atoms with Crippen LogP contribution in [0.2, 0.25) is 0 Å². The summed E-state index contributed by atoms with van der Waals surface area (Å²) in [6.07, 6.45) is 5.48. The van der Waals surface area contributed by atoms with Gasteiger partial charge < -0.3 is 14.2 Å². The van der Waals surface area contributed by atoms with Gasteiger partial charge in [-0.3, -0.25) is 24.4 Å². The quantitative estimate of drug-likeness (QED) is 0.215. The van der Waals surface area contributed by atoms with Crippen LogP contribution in [0.4, 0.5) is 0 Å². The van der Waals surface area contributed by atoms with Gasteiger partial charge in [-0.1, -0.05) is 12.1 Å². The Labute approximate surface area is 202 Å². The van der Waals surface area contributed by atoms with E-state index in [2.05, 4.69) is 19.5 Å². The van der Waals surface area contributed by atoms with Crippen LogP contribution in [-0.4, -0.2) is 62.3 Å². The van der Waals surface area contributed by atoms with E-state index in [1.54, 1.807) is 24.4 Å². The monoisotopic (exact) mass is 502 g/mol. The topological polar surface area (TPSA) is 144 Å². The van der Waals surface area contributed by atoms with Crippen LogP contribution in [0.3, 0.4) is 0 Å². The van der Waals surface area contributed by atoms with Gasteiger partial charge in [0.1, 0.15) is 18.1 Å². The fraction of sp³-hybridized carbons (Fsp3) is 0.304. The van der Waals surface area contributed by atoms with Gasteiger partial charge in [0.25, 0.3) is 0 Å². The molecular formula is C23H27N4O7P. The molecule has 0 unspecified atom stereocenters. The van der Waals surface area contributed by atoms with Crippen molar-refractivity contribution < 1.29 is 33.2 Å². The molecule has 1 aromatic carbocycles. The van der Waals surface area contributed by atoms with E-state index in [9.17, 15) is 14.2 Å². The minimum Gasteiger partial charge on any atom is -0.488 e. The van der Waals surface area contributed by atoms with Crippen LogP contribution in [0.5, 0.6) is 11.5 Å². The van der Waals surface area contributed by atoms with E-state index in [0.717, 1.165) is 19.4 Å². The van der Waals surface area contributed by atoms with Gasteiger partial charge in [-0.05, 0) is 57.7 Å². The number of pyridine rings is 1. The molecule has 11 nitrogen and oxygen atoms in total. The highest BCUT2D eigenvalue weighted by Crippen LogP contribution is 2.41. The summed E-state index contributed by atoms with van der Waals surface area (Å²) in [5.41, 5.74) is 1.48. The van der Waals surface area contributed by atoms with Gasteiger partial charge in [0.2, 0.25) is 5.91 Å². The van der Waals surface area contributed by atoms with Crippen molar-refractivity contribution in [2.45, 2.75) is 25.9 Å². The number of ether oxygens (including phenoxy) is 1. The number of carbonyl (C=O) groups is 2. The summed E-state index contributed by atoms with van der Waals surface area (Å²) in [5.74, 6) is -0.367. The lowest BCUT2D eigenvalue weighted by Crippen LogP contribution is -2.16. The molecule has 0 fully saturated rings. The normalized spacial score (nSPS) is 11.5. The number of unbranched alkanes of at least 4 members (excludes halogenated alkanes) is 1. The SMILES string of the molecule is CN(C)CCCCC(=O)n1nccc1-c1ncccc1COc1cccc(OP(=O)(O)O)c1C=O. The van der Waals surface area contributed by atoms with Crippen LogP contribution in [0.1, 0.15) is 40.0 Å². The first-order chi connectivity index (χ1) is 16.7. The summed E-state index contributed by atoms with van der Waals surface area (Å²) >= 11 is 0. The Hall–Kier alpha value is -3.37. The summed E-state index contributed by atoms with van der Waals surface area (Å²) in [6, 6.07) is 9.34. The van der Waals surface area contributed by atoms with E-state index in [-0.39, 0.29) is 29.6 Å². The maximum Gasteiger partial charge on any atom is 0.524 e. The van der Waals surface area contributed by atoms with Crippen molar-refractivity contribution in [3.63, 3.8) is 0 Å². The van der Waals surface area contributed by atoms with Gasteiger partial charge in [0, 0.05) is 18.2 Å². The Bertz CT molecular complexity index is 1220. The summed E-state index contributed by atoms with van der Waals surface area (Å²) in [6.45, 7) is 0.857. The van der Waals surface area contributed by atoms with Crippen LogP contribution in [-0.2, 0) is 11.2 Å². The second kappa shape index (κ2) is 11.9. The van der Waals surface area contributed by atoms with E-state index < -0.39 is 7.82 Å². The molecule has 0 saturated heterocycles. The lowest BCUT2D eigenvalue weighted by Gasteiger charge is -2.15. The number of hydrogen-bond acceptors (Lipinski definition) is 8. The number of aldehydes is 1. The molecule has 2 heterocycles. The number of hydrogen-bond donors (Lipinski definition) is 2. The van der Waals surface area contributed by atoms with E-state index in [4.69, 9.17) is 14.5 Å². The minimum absolute atomic E-state index is 0.0361. The van der Waals surface area contributed by atoms with Crippen molar-refractivity contribution in [2.75, 3.05) is 20.6 Å². The number of phosphoric acid groups is 1. The average molecular weight is 502 g/mol. The van der Waals surface area contributed by atoms with E-state index in [1.807, 2.05) is 14.1 Å². The first-order valence-electron chi connectivity index (χ1n) is 10.8. The first-order valence-corrected chi connectivity index (χ1v) is 12.3. The summed E-state index contributed by atoms with van der Waals surface area (Å²) in [7, 11) is -0.898. The molecule has 0 radical (unpaired) electrons. The molecule has 0 amide bonds. The molecule has 0 bridgehead atoms. The molecule has 35 heavy (non-hydrogen) atoms. The van der Waals surface area contributed by atoms with Gasteiger partial charge in [-0.2, -0.15) is 9.78 Å². The molecule has 2 aromatic heterocycles. The molecule has 3 rings (SSSR count). The molecule has 186 valence electrons. The van der Waals surface area contributed by atoms with E-state index in [0.29, 0.717) is 29.7 Å². The summed E-state index contributed by atoms with van der Waals surface area (Å²) < 4.78 is 22.9. The molecule has 0 aliphatic rings. The molecule has 0 atom stereocenters.